The van der Waals surface area contributed by atoms with Crippen molar-refractivity contribution in [2.45, 2.75) is 25.7 Å². The number of carbonyl (C=O) groups excluding carboxylic acids is 1. The summed E-state index contributed by atoms with van der Waals surface area (Å²) in [7, 11) is 0. The van der Waals surface area contributed by atoms with Crippen LogP contribution in [-0.4, -0.2) is 16.9 Å². The number of furan rings is 1. The lowest BCUT2D eigenvalue weighted by atomic mass is 10.2. The van der Waals surface area contributed by atoms with Gasteiger partial charge in [-0.15, -0.1) is 0 Å². The molecule has 0 radical (unpaired) electrons. The average molecular weight is 321 g/mol. The van der Waals surface area contributed by atoms with Crippen LogP contribution in [0.15, 0.2) is 22.8 Å². The molecular weight excluding hydrogens is 305 g/mol. The van der Waals surface area contributed by atoms with Crippen molar-refractivity contribution in [3.05, 3.63) is 24.2 Å². The standard InChI is InChI=1S/C11H16INO2/c12-7-1-2-8-13-11(14)6-5-10-4-3-9-15-10/h3-4,9H,1-2,5-8H2,(H,13,14). The maximum atomic E-state index is 11.3. The zero-order valence-electron chi connectivity index (χ0n) is 8.67. The normalized spacial score (nSPS) is 10.2. The molecule has 15 heavy (non-hydrogen) atoms. The number of aryl methyl sites for hydroxylation is 1. The van der Waals surface area contributed by atoms with Crippen LogP contribution in [0.1, 0.15) is 25.0 Å². The zero-order valence-corrected chi connectivity index (χ0v) is 10.8. The van der Waals surface area contributed by atoms with Gasteiger partial charge in [0.05, 0.1) is 6.26 Å². The molecule has 0 saturated carbocycles. The first-order valence-electron chi connectivity index (χ1n) is 5.18. The van der Waals surface area contributed by atoms with Gasteiger partial charge in [-0.3, -0.25) is 4.79 Å². The van der Waals surface area contributed by atoms with Gasteiger partial charge in [0, 0.05) is 19.4 Å². The Morgan fingerprint density at radius 1 is 1.47 bits per heavy atom. The number of amides is 1. The van der Waals surface area contributed by atoms with E-state index in [4.69, 9.17) is 4.42 Å². The number of alkyl halides is 1. The van der Waals surface area contributed by atoms with Gasteiger partial charge in [0.15, 0.2) is 0 Å². The third-order valence-electron chi connectivity index (χ3n) is 2.06. The van der Waals surface area contributed by atoms with Crippen LogP contribution in [0, 0.1) is 0 Å². The van der Waals surface area contributed by atoms with Crippen LogP contribution in [0.4, 0.5) is 0 Å². The molecular formula is C11H16INO2. The number of nitrogens with one attached hydrogen (secondary N) is 1. The van der Waals surface area contributed by atoms with Crippen LogP contribution in [-0.2, 0) is 11.2 Å². The number of hydrogen-bond acceptors (Lipinski definition) is 2. The molecule has 3 nitrogen and oxygen atoms in total. The molecule has 0 fully saturated rings. The molecule has 0 saturated heterocycles. The van der Waals surface area contributed by atoms with E-state index in [0.717, 1.165) is 23.2 Å². The Hall–Kier alpha value is -0.520. The van der Waals surface area contributed by atoms with Crippen LogP contribution < -0.4 is 5.32 Å². The molecule has 0 unspecified atom stereocenters. The highest BCUT2D eigenvalue weighted by Crippen LogP contribution is 2.03. The van der Waals surface area contributed by atoms with E-state index in [2.05, 4.69) is 27.9 Å². The Morgan fingerprint density at radius 3 is 3.00 bits per heavy atom. The van der Waals surface area contributed by atoms with Crippen molar-refractivity contribution in [3.63, 3.8) is 0 Å². The largest absolute Gasteiger partial charge is 0.469 e. The second-order valence-corrected chi connectivity index (χ2v) is 4.40. The number of halogens is 1. The summed E-state index contributed by atoms with van der Waals surface area (Å²) in [6.07, 6.45) is 5.06. The van der Waals surface area contributed by atoms with Crippen LogP contribution >= 0.6 is 22.6 Å². The van der Waals surface area contributed by atoms with Gasteiger partial charge in [0.1, 0.15) is 5.76 Å². The number of rotatable bonds is 7. The summed E-state index contributed by atoms with van der Waals surface area (Å²) in [5.74, 6) is 0.984. The van der Waals surface area contributed by atoms with Gasteiger partial charge in [0.2, 0.25) is 5.91 Å². The molecule has 1 amide bonds. The number of unbranched alkanes of at least 4 members (excludes halogenated alkanes) is 1. The Balaban J connectivity index is 2.04. The van der Waals surface area contributed by atoms with E-state index in [1.807, 2.05) is 12.1 Å². The third-order valence-corrected chi connectivity index (χ3v) is 2.82. The predicted molar refractivity (Wildman–Crippen MR) is 68.2 cm³/mol. The van der Waals surface area contributed by atoms with E-state index in [0.29, 0.717) is 12.8 Å². The highest BCUT2D eigenvalue weighted by Gasteiger charge is 2.02. The summed E-state index contributed by atoms with van der Waals surface area (Å²) >= 11 is 2.34. The summed E-state index contributed by atoms with van der Waals surface area (Å²) in [5, 5.41) is 2.90. The SMILES string of the molecule is O=C(CCc1ccco1)NCCCCI. The second-order valence-electron chi connectivity index (χ2n) is 3.33. The Labute approximate surface area is 104 Å². The van der Waals surface area contributed by atoms with Crippen molar-refractivity contribution in [1.82, 2.24) is 5.32 Å². The van der Waals surface area contributed by atoms with Gasteiger partial charge in [-0.2, -0.15) is 0 Å². The third kappa shape index (κ3) is 5.81. The zero-order chi connectivity index (χ0) is 10.9. The lowest BCUT2D eigenvalue weighted by molar-refractivity contribution is -0.121. The molecule has 0 spiro atoms. The molecule has 4 heteroatoms. The maximum absolute atomic E-state index is 11.3. The number of carbonyl (C=O) groups is 1. The first-order valence-corrected chi connectivity index (χ1v) is 6.70. The summed E-state index contributed by atoms with van der Waals surface area (Å²) in [4.78, 5) is 11.3. The fraction of sp³-hybridized carbons (Fsp3) is 0.545. The molecule has 1 N–H and O–H groups in total. The fourth-order valence-corrected chi connectivity index (χ4v) is 1.77. The summed E-state index contributed by atoms with van der Waals surface area (Å²) in [5.41, 5.74) is 0. The predicted octanol–water partition coefficient (Wildman–Crippen LogP) is 2.54. The van der Waals surface area contributed by atoms with E-state index < -0.39 is 0 Å². The van der Waals surface area contributed by atoms with Crippen molar-refractivity contribution >= 4 is 28.5 Å². The summed E-state index contributed by atoms with van der Waals surface area (Å²) in [6, 6.07) is 3.73. The fourth-order valence-electron chi connectivity index (χ4n) is 1.23. The number of hydrogen-bond donors (Lipinski definition) is 1. The molecule has 1 aromatic rings. The Morgan fingerprint density at radius 2 is 2.33 bits per heavy atom. The van der Waals surface area contributed by atoms with Crippen molar-refractivity contribution in [2.75, 3.05) is 11.0 Å². The maximum Gasteiger partial charge on any atom is 0.220 e. The van der Waals surface area contributed by atoms with E-state index in [1.54, 1.807) is 6.26 Å². The topological polar surface area (TPSA) is 42.2 Å². The minimum atomic E-state index is 0.111. The van der Waals surface area contributed by atoms with Crippen molar-refractivity contribution in [2.24, 2.45) is 0 Å². The van der Waals surface area contributed by atoms with Crippen LogP contribution in [0.25, 0.3) is 0 Å². The van der Waals surface area contributed by atoms with Crippen LogP contribution in [0.3, 0.4) is 0 Å². The summed E-state index contributed by atoms with van der Waals surface area (Å²) < 4.78 is 6.30. The smallest absolute Gasteiger partial charge is 0.220 e. The molecule has 1 rings (SSSR count). The van der Waals surface area contributed by atoms with Gasteiger partial charge in [-0.25, -0.2) is 0 Å². The van der Waals surface area contributed by atoms with E-state index >= 15 is 0 Å². The van der Waals surface area contributed by atoms with Crippen LogP contribution in [0.5, 0.6) is 0 Å². The first-order chi connectivity index (χ1) is 7.33. The minimum absolute atomic E-state index is 0.111. The highest BCUT2D eigenvalue weighted by atomic mass is 127. The molecule has 0 aliphatic heterocycles. The van der Waals surface area contributed by atoms with Crippen molar-refractivity contribution in [3.8, 4) is 0 Å². The average Bonchev–Trinajstić information content (AvgIpc) is 2.74. The van der Waals surface area contributed by atoms with Gasteiger partial charge in [-0.1, -0.05) is 22.6 Å². The van der Waals surface area contributed by atoms with Gasteiger partial charge < -0.3 is 9.73 Å². The van der Waals surface area contributed by atoms with Gasteiger partial charge in [-0.05, 0) is 29.4 Å². The molecule has 84 valence electrons. The lowest BCUT2D eigenvalue weighted by Crippen LogP contribution is -2.24. The highest BCUT2D eigenvalue weighted by molar-refractivity contribution is 14.1. The molecule has 0 atom stereocenters. The quantitative estimate of drug-likeness (QED) is 0.476. The van der Waals surface area contributed by atoms with Crippen molar-refractivity contribution in [1.29, 1.82) is 0 Å². The Bertz CT molecular complexity index is 272. The van der Waals surface area contributed by atoms with Gasteiger partial charge >= 0.3 is 0 Å². The second kappa shape index (κ2) is 7.73. The molecule has 0 aliphatic carbocycles. The molecule has 0 aliphatic rings. The van der Waals surface area contributed by atoms with E-state index in [-0.39, 0.29) is 5.91 Å². The Kier molecular flexibility index (Phi) is 6.47. The van der Waals surface area contributed by atoms with E-state index in [9.17, 15) is 4.79 Å². The van der Waals surface area contributed by atoms with E-state index in [1.165, 1.54) is 6.42 Å². The molecule has 1 aromatic heterocycles. The summed E-state index contributed by atoms with van der Waals surface area (Å²) in [6.45, 7) is 0.792. The van der Waals surface area contributed by atoms with Crippen LogP contribution in [0.2, 0.25) is 0 Å². The lowest BCUT2D eigenvalue weighted by Gasteiger charge is -2.03. The van der Waals surface area contributed by atoms with Crippen molar-refractivity contribution < 1.29 is 9.21 Å². The molecule has 0 aromatic carbocycles. The monoisotopic (exact) mass is 321 g/mol. The first kappa shape index (κ1) is 12.5. The van der Waals surface area contributed by atoms with Gasteiger partial charge in [0.25, 0.3) is 0 Å². The molecule has 0 bridgehead atoms. The molecule has 1 heterocycles. The minimum Gasteiger partial charge on any atom is -0.469 e.